The summed E-state index contributed by atoms with van der Waals surface area (Å²) in [5.41, 5.74) is 5.67. The minimum atomic E-state index is 0. The van der Waals surface area contributed by atoms with Crippen LogP contribution in [0.4, 0.5) is 0 Å². The number of nitrogens with zero attached hydrogens (tertiary/aromatic N) is 1. The molecule has 118 valence electrons. The highest BCUT2D eigenvalue weighted by molar-refractivity contribution is 8.00. The summed E-state index contributed by atoms with van der Waals surface area (Å²) in [7, 11) is 0. The SMILES string of the molecule is Cl.NCC1CCN(C(=O)CSc2ccc3ccccc3c2)C1. The first-order valence-corrected chi connectivity index (χ1v) is 8.34. The van der Waals surface area contributed by atoms with Crippen LogP contribution in [-0.2, 0) is 4.79 Å². The summed E-state index contributed by atoms with van der Waals surface area (Å²) in [6.45, 7) is 2.37. The molecule has 3 nitrogen and oxygen atoms in total. The molecule has 1 atom stereocenters. The number of rotatable bonds is 4. The van der Waals surface area contributed by atoms with Gasteiger partial charge in [0.25, 0.3) is 0 Å². The number of carbonyl (C=O) groups excluding carboxylic acids is 1. The monoisotopic (exact) mass is 336 g/mol. The molecule has 1 fully saturated rings. The third-order valence-corrected chi connectivity index (χ3v) is 5.03. The fourth-order valence-electron chi connectivity index (χ4n) is 2.75. The minimum absolute atomic E-state index is 0. The first-order valence-electron chi connectivity index (χ1n) is 7.35. The van der Waals surface area contributed by atoms with Gasteiger partial charge in [0.05, 0.1) is 5.75 Å². The Morgan fingerprint density at radius 3 is 2.73 bits per heavy atom. The van der Waals surface area contributed by atoms with Crippen LogP contribution >= 0.6 is 24.2 Å². The zero-order chi connectivity index (χ0) is 14.7. The van der Waals surface area contributed by atoms with Gasteiger partial charge in [-0.15, -0.1) is 24.2 Å². The second-order valence-corrected chi connectivity index (χ2v) is 6.58. The van der Waals surface area contributed by atoms with Crippen molar-refractivity contribution in [3.05, 3.63) is 42.5 Å². The number of fused-ring (bicyclic) bond motifs is 1. The Hall–Kier alpha value is -1.23. The van der Waals surface area contributed by atoms with Gasteiger partial charge in [0.15, 0.2) is 0 Å². The maximum Gasteiger partial charge on any atom is 0.232 e. The molecule has 0 saturated carbocycles. The Morgan fingerprint density at radius 2 is 2.00 bits per heavy atom. The summed E-state index contributed by atoms with van der Waals surface area (Å²) in [6, 6.07) is 14.6. The molecular weight excluding hydrogens is 316 g/mol. The van der Waals surface area contributed by atoms with E-state index in [0.29, 0.717) is 18.2 Å². The average molecular weight is 337 g/mol. The van der Waals surface area contributed by atoms with Crippen LogP contribution in [0.5, 0.6) is 0 Å². The zero-order valence-electron chi connectivity index (χ0n) is 12.4. The summed E-state index contributed by atoms with van der Waals surface area (Å²) < 4.78 is 0. The second kappa shape index (κ2) is 7.86. The number of amides is 1. The van der Waals surface area contributed by atoms with Gasteiger partial charge in [0.2, 0.25) is 5.91 Å². The van der Waals surface area contributed by atoms with Gasteiger partial charge in [-0.1, -0.05) is 30.3 Å². The van der Waals surface area contributed by atoms with E-state index >= 15 is 0 Å². The highest BCUT2D eigenvalue weighted by atomic mass is 35.5. The van der Waals surface area contributed by atoms with Crippen LogP contribution in [0.2, 0.25) is 0 Å². The van der Waals surface area contributed by atoms with Crippen molar-refractivity contribution < 1.29 is 4.79 Å². The van der Waals surface area contributed by atoms with Crippen LogP contribution in [0.3, 0.4) is 0 Å². The highest BCUT2D eigenvalue weighted by Crippen LogP contribution is 2.24. The Balaban J connectivity index is 0.00000176. The van der Waals surface area contributed by atoms with Crippen molar-refractivity contribution in [2.45, 2.75) is 11.3 Å². The lowest BCUT2D eigenvalue weighted by Gasteiger charge is -2.16. The number of hydrogen-bond donors (Lipinski definition) is 1. The molecule has 2 N–H and O–H groups in total. The number of hydrogen-bond acceptors (Lipinski definition) is 3. The maximum atomic E-state index is 12.2. The molecule has 0 aliphatic carbocycles. The summed E-state index contributed by atoms with van der Waals surface area (Å²) in [5.74, 6) is 1.22. The van der Waals surface area contributed by atoms with E-state index in [1.54, 1.807) is 11.8 Å². The lowest BCUT2D eigenvalue weighted by Crippen LogP contribution is -2.31. The van der Waals surface area contributed by atoms with Crippen LogP contribution in [0, 0.1) is 5.92 Å². The molecule has 1 unspecified atom stereocenters. The average Bonchev–Trinajstić information content (AvgIpc) is 3.01. The van der Waals surface area contributed by atoms with Crippen molar-refractivity contribution in [3.8, 4) is 0 Å². The summed E-state index contributed by atoms with van der Waals surface area (Å²) in [4.78, 5) is 15.3. The molecule has 5 heteroatoms. The molecule has 2 aromatic rings. The molecule has 1 amide bonds. The first-order chi connectivity index (χ1) is 10.3. The molecule has 22 heavy (non-hydrogen) atoms. The van der Waals surface area contributed by atoms with Crippen LogP contribution in [-0.4, -0.2) is 36.2 Å². The molecule has 3 rings (SSSR count). The molecule has 2 aromatic carbocycles. The fourth-order valence-corrected chi connectivity index (χ4v) is 3.59. The zero-order valence-corrected chi connectivity index (χ0v) is 14.0. The molecule has 0 bridgehead atoms. The van der Waals surface area contributed by atoms with Crippen LogP contribution in [0.15, 0.2) is 47.4 Å². The van der Waals surface area contributed by atoms with Gasteiger partial charge >= 0.3 is 0 Å². The lowest BCUT2D eigenvalue weighted by atomic mass is 10.1. The van der Waals surface area contributed by atoms with E-state index < -0.39 is 0 Å². The predicted molar refractivity (Wildman–Crippen MR) is 95.7 cm³/mol. The number of carbonyl (C=O) groups is 1. The van der Waals surface area contributed by atoms with E-state index in [9.17, 15) is 4.79 Å². The van der Waals surface area contributed by atoms with Crippen molar-refractivity contribution in [3.63, 3.8) is 0 Å². The minimum Gasteiger partial charge on any atom is -0.342 e. The van der Waals surface area contributed by atoms with E-state index in [2.05, 4.69) is 30.3 Å². The molecule has 1 heterocycles. The van der Waals surface area contributed by atoms with Crippen molar-refractivity contribution in [1.82, 2.24) is 4.90 Å². The van der Waals surface area contributed by atoms with Crippen LogP contribution < -0.4 is 5.73 Å². The largest absolute Gasteiger partial charge is 0.342 e. The number of benzene rings is 2. The predicted octanol–water partition coefficient (Wildman–Crippen LogP) is 3.16. The van der Waals surface area contributed by atoms with Gasteiger partial charge in [0.1, 0.15) is 0 Å². The van der Waals surface area contributed by atoms with E-state index in [-0.39, 0.29) is 18.3 Å². The van der Waals surface area contributed by atoms with E-state index in [1.807, 2.05) is 17.0 Å². The molecular formula is C17H21ClN2OS. The van der Waals surface area contributed by atoms with E-state index in [4.69, 9.17) is 5.73 Å². The normalized spacial score (nSPS) is 17.5. The molecule has 1 saturated heterocycles. The Labute approximate surface area is 141 Å². The third kappa shape index (κ3) is 3.94. The van der Waals surface area contributed by atoms with Gasteiger partial charge < -0.3 is 10.6 Å². The van der Waals surface area contributed by atoms with Crippen molar-refractivity contribution in [2.24, 2.45) is 11.7 Å². The topological polar surface area (TPSA) is 46.3 Å². The highest BCUT2D eigenvalue weighted by Gasteiger charge is 2.24. The fraction of sp³-hybridized carbons (Fsp3) is 0.353. The van der Waals surface area contributed by atoms with Gasteiger partial charge in [-0.2, -0.15) is 0 Å². The second-order valence-electron chi connectivity index (χ2n) is 5.53. The van der Waals surface area contributed by atoms with E-state index in [1.165, 1.54) is 10.8 Å². The van der Waals surface area contributed by atoms with Crippen molar-refractivity contribution in [2.75, 3.05) is 25.4 Å². The Kier molecular flexibility index (Phi) is 6.12. The summed E-state index contributed by atoms with van der Waals surface area (Å²) in [6.07, 6.45) is 1.04. The van der Waals surface area contributed by atoms with E-state index in [0.717, 1.165) is 24.4 Å². The first kappa shape index (κ1) is 17.1. The quantitative estimate of drug-likeness (QED) is 0.872. The summed E-state index contributed by atoms with van der Waals surface area (Å²) in [5, 5.41) is 2.46. The van der Waals surface area contributed by atoms with Crippen molar-refractivity contribution in [1.29, 1.82) is 0 Å². The maximum absolute atomic E-state index is 12.2. The van der Waals surface area contributed by atoms with Crippen LogP contribution in [0.1, 0.15) is 6.42 Å². The van der Waals surface area contributed by atoms with Crippen molar-refractivity contribution >= 4 is 40.8 Å². The lowest BCUT2D eigenvalue weighted by molar-refractivity contribution is -0.127. The third-order valence-electron chi connectivity index (χ3n) is 4.06. The Bertz CT molecular complexity index is 649. The van der Waals surface area contributed by atoms with Gasteiger partial charge in [-0.3, -0.25) is 4.79 Å². The van der Waals surface area contributed by atoms with Crippen LogP contribution in [0.25, 0.3) is 10.8 Å². The number of halogens is 1. The molecule has 0 aromatic heterocycles. The molecule has 1 aliphatic rings. The smallest absolute Gasteiger partial charge is 0.232 e. The number of likely N-dealkylation sites (tertiary alicyclic amines) is 1. The van der Waals surface area contributed by atoms with Gasteiger partial charge in [-0.25, -0.2) is 0 Å². The number of thioether (sulfide) groups is 1. The number of nitrogens with two attached hydrogens (primary N) is 1. The van der Waals surface area contributed by atoms with Gasteiger partial charge in [-0.05, 0) is 41.8 Å². The molecule has 0 spiro atoms. The standard InChI is InChI=1S/C17H20N2OS.ClH/c18-10-13-7-8-19(11-13)17(20)12-21-16-6-5-14-3-1-2-4-15(14)9-16;/h1-6,9,13H,7-8,10-12,18H2;1H. The molecule has 0 radical (unpaired) electrons. The van der Waals surface area contributed by atoms with Gasteiger partial charge in [0, 0.05) is 18.0 Å². The Morgan fingerprint density at radius 1 is 1.23 bits per heavy atom. The molecule has 1 aliphatic heterocycles. The summed E-state index contributed by atoms with van der Waals surface area (Å²) >= 11 is 1.62.